The summed E-state index contributed by atoms with van der Waals surface area (Å²) in [5.41, 5.74) is -0.244. The van der Waals surface area contributed by atoms with Gasteiger partial charge in [0.05, 0.1) is 23.6 Å². The highest BCUT2D eigenvalue weighted by molar-refractivity contribution is 4.95. The average Bonchev–Trinajstić information content (AvgIpc) is 2.47. The SMILES string of the molecule is CC(C#N)CCCCC(C)(C#N)CCCCC(C)C#N. The molecule has 2 atom stereocenters. The second kappa shape index (κ2) is 10.3. The van der Waals surface area contributed by atoms with Crippen LogP contribution in [0.4, 0.5) is 0 Å². The maximum absolute atomic E-state index is 9.34. The lowest BCUT2D eigenvalue weighted by atomic mass is 9.81. The lowest BCUT2D eigenvalue weighted by Gasteiger charge is -2.21. The Hall–Kier alpha value is -1.53. The Kier molecular flexibility index (Phi) is 9.49. The van der Waals surface area contributed by atoms with Crippen molar-refractivity contribution in [1.82, 2.24) is 0 Å². The van der Waals surface area contributed by atoms with E-state index in [1.807, 2.05) is 20.8 Å². The molecular weight excluding hydrogens is 246 g/mol. The van der Waals surface area contributed by atoms with Gasteiger partial charge in [-0.3, -0.25) is 0 Å². The van der Waals surface area contributed by atoms with E-state index >= 15 is 0 Å². The quantitative estimate of drug-likeness (QED) is 0.528. The van der Waals surface area contributed by atoms with E-state index < -0.39 is 0 Å². The van der Waals surface area contributed by atoms with Crippen molar-refractivity contribution in [2.75, 3.05) is 0 Å². The molecule has 0 amide bonds. The van der Waals surface area contributed by atoms with Gasteiger partial charge in [0.15, 0.2) is 0 Å². The van der Waals surface area contributed by atoms with Crippen LogP contribution in [0.5, 0.6) is 0 Å². The standard InChI is InChI=1S/C17H27N3/c1-15(12-18)8-4-6-10-17(3,14-20)11-7-5-9-16(2)13-19/h15-16H,4-11H2,1-3H3. The Morgan fingerprint density at radius 2 is 1.20 bits per heavy atom. The molecular formula is C17H27N3. The Morgan fingerprint density at radius 3 is 1.50 bits per heavy atom. The van der Waals surface area contributed by atoms with E-state index in [2.05, 4.69) is 18.2 Å². The summed E-state index contributed by atoms with van der Waals surface area (Å²) in [7, 11) is 0. The molecule has 0 saturated heterocycles. The van der Waals surface area contributed by atoms with E-state index in [0.29, 0.717) is 0 Å². The number of rotatable bonds is 10. The molecule has 0 aromatic heterocycles. The first kappa shape index (κ1) is 18.5. The van der Waals surface area contributed by atoms with Crippen LogP contribution >= 0.6 is 0 Å². The van der Waals surface area contributed by atoms with Gasteiger partial charge in [-0.15, -0.1) is 0 Å². The number of nitriles is 3. The molecule has 0 aromatic rings. The highest BCUT2D eigenvalue weighted by Crippen LogP contribution is 2.30. The molecule has 3 nitrogen and oxygen atoms in total. The van der Waals surface area contributed by atoms with Crippen LogP contribution in [-0.2, 0) is 0 Å². The molecule has 0 aliphatic rings. The summed E-state index contributed by atoms with van der Waals surface area (Å²) in [4.78, 5) is 0. The monoisotopic (exact) mass is 273 g/mol. The van der Waals surface area contributed by atoms with Gasteiger partial charge in [-0.1, -0.05) is 25.7 Å². The van der Waals surface area contributed by atoms with E-state index in [1.165, 1.54) is 0 Å². The third kappa shape index (κ3) is 8.55. The molecule has 0 radical (unpaired) electrons. The first-order valence-electron chi connectivity index (χ1n) is 7.68. The molecule has 0 bridgehead atoms. The molecule has 2 unspecified atom stereocenters. The first-order valence-corrected chi connectivity index (χ1v) is 7.68. The molecule has 0 saturated carbocycles. The van der Waals surface area contributed by atoms with Crippen molar-refractivity contribution < 1.29 is 0 Å². The maximum atomic E-state index is 9.34. The molecule has 0 spiro atoms. The van der Waals surface area contributed by atoms with E-state index in [-0.39, 0.29) is 17.3 Å². The van der Waals surface area contributed by atoms with Crippen LogP contribution in [0.1, 0.15) is 72.1 Å². The van der Waals surface area contributed by atoms with Crippen LogP contribution in [0.15, 0.2) is 0 Å². The fourth-order valence-corrected chi connectivity index (χ4v) is 2.30. The van der Waals surface area contributed by atoms with Crippen molar-refractivity contribution in [3.63, 3.8) is 0 Å². The third-order valence-electron chi connectivity index (χ3n) is 3.94. The summed E-state index contributed by atoms with van der Waals surface area (Å²) < 4.78 is 0. The van der Waals surface area contributed by atoms with E-state index in [4.69, 9.17) is 10.5 Å². The van der Waals surface area contributed by atoms with Gasteiger partial charge >= 0.3 is 0 Å². The van der Waals surface area contributed by atoms with Crippen LogP contribution in [0.25, 0.3) is 0 Å². The second-order valence-corrected chi connectivity index (χ2v) is 6.22. The maximum Gasteiger partial charge on any atom is 0.0686 e. The zero-order chi connectivity index (χ0) is 15.4. The molecule has 20 heavy (non-hydrogen) atoms. The normalized spacial score (nSPS) is 16.2. The predicted molar refractivity (Wildman–Crippen MR) is 80.2 cm³/mol. The molecule has 0 aliphatic carbocycles. The summed E-state index contributed by atoms with van der Waals surface area (Å²) in [6.45, 7) is 5.92. The summed E-state index contributed by atoms with van der Waals surface area (Å²) >= 11 is 0. The van der Waals surface area contributed by atoms with Gasteiger partial charge in [0.2, 0.25) is 0 Å². The van der Waals surface area contributed by atoms with Crippen LogP contribution in [0.3, 0.4) is 0 Å². The first-order chi connectivity index (χ1) is 9.47. The Bertz CT molecular complexity index is 353. The minimum absolute atomic E-state index is 0.121. The van der Waals surface area contributed by atoms with Crippen molar-refractivity contribution in [1.29, 1.82) is 15.8 Å². The van der Waals surface area contributed by atoms with Gasteiger partial charge in [-0.05, 0) is 46.5 Å². The summed E-state index contributed by atoms with van der Waals surface area (Å²) in [5, 5.41) is 26.8. The molecule has 0 aromatic carbocycles. The summed E-state index contributed by atoms with van der Waals surface area (Å²) in [5.74, 6) is 0.242. The number of nitrogens with zero attached hydrogens (tertiary/aromatic N) is 3. The molecule has 3 heteroatoms. The molecule has 0 N–H and O–H groups in total. The topological polar surface area (TPSA) is 71.4 Å². The average molecular weight is 273 g/mol. The molecule has 0 heterocycles. The highest BCUT2D eigenvalue weighted by atomic mass is 14.3. The van der Waals surface area contributed by atoms with Crippen molar-refractivity contribution >= 4 is 0 Å². The van der Waals surface area contributed by atoms with Crippen LogP contribution in [0, 0.1) is 51.2 Å². The van der Waals surface area contributed by atoms with E-state index in [9.17, 15) is 5.26 Å². The summed E-state index contributed by atoms with van der Waals surface area (Å²) in [6, 6.07) is 6.94. The molecule has 0 aliphatic heterocycles. The smallest absolute Gasteiger partial charge is 0.0686 e. The predicted octanol–water partition coefficient (Wildman–Crippen LogP) is 4.96. The number of hydrogen-bond acceptors (Lipinski definition) is 3. The van der Waals surface area contributed by atoms with Crippen molar-refractivity contribution in [3.05, 3.63) is 0 Å². The van der Waals surface area contributed by atoms with Crippen molar-refractivity contribution in [2.24, 2.45) is 17.3 Å². The summed E-state index contributed by atoms with van der Waals surface area (Å²) in [6.07, 6.45) is 7.77. The van der Waals surface area contributed by atoms with Crippen LogP contribution in [-0.4, -0.2) is 0 Å². The lowest BCUT2D eigenvalue weighted by molar-refractivity contribution is 0.335. The largest absolute Gasteiger partial charge is 0.198 e. The van der Waals surface area contributed by atoms with Gasteiger partial charge in [0.25, 0.3) is 0 Å². The second-order valence-electron chi connectivity index (χ2n) is 6.22. The van der Waals surface area contributed by atoms with Crippen LogP contribution < -0.4 is 0 Å². The Morgan fingerprint density at radius 1 is 0.800 bits per heavy atom. The van der Waals surface area contributed by atoms with Crippen LogP contribution in [0.2, 0.25) is 0 Å². The van der Waals surface area contributed by atoms with Gasteiger partial charge in [0, 0.05) is 11.8 Å². The zero-order valence-corrected chi connectivity index (χ0v) is 13.2. The van der Waals surface area contributed by atoms with Gasteiger partial charge in [-0.25, -0.2) is 0 Å². The van der Waals surface area contributed by atoms with Gasteiger partial charge < -0.3 is 0 Å². The van der Waals surface area contributed by atoms with E-state index in [0.717, 1.165) is 51.4 Å². The number of unbranched alkanes of at least 4 members (excludes halogenated alkanes) is 2. The molecule has 0 rings (SSSR count). The Balaban J connectivity index is 3.89. The number of hydrogen-bond donors (Lipinski definition) is 0. The molecule has 0 fully saturated rings. The third-order valence-corrected chi connectivity index (χ3v) is 3.94. The Labute approximate surface area is 124 Å². The zero-order valence-electron chi connectivity index (χ0n) is 13.2. The molecule has 110 valence electrons. The van der Waals surface area contributed by atoms with Gasteiger partial charge in [-0.2, -0.15) is 15.8 Å². The van der Waals surface area contributed by atoms with Crippen molar-refractivity contribution in [3.8, 4) is 18.2 Å². The fraction of sp³-hybridized carbons (Fsp3) is 0.824. The minimum Gasteiger partial charge on any atom is -0.198 e. The van der Waals surface area contributed by atoms with Crippen molar-refractivity contribution in [2.45, 2.75) is 72.1 Å². The van der Waals surface area contributed by atoms with Gasteiger partial charge in [0.1, 0.15) is 0 Å². The van der Waals surface area contributed by atoms with E-state index in [1.54, 1.807) is 0 Å². The highest BCUT2D eigenvalue weighted by Gasteiger charge is 2.22. The minimum atomic E-state index is -0.244. The lowest BCUT2D eigenvalue weighted by Crippen LogP contribution is -2.14. The fourth-order valence-electron chi connectivity index (χ4n) is 2.30.